The van der Waals surface area contributed by atoms with Crippen LogP contribution in [0.15, 0.2) is 42.6 Å². The normalized spacial score (nSPS) is 11.0. The van der Waals surface area contributed by atoms with E-state index in [4.69, 9.17) is 0 Å². The average Bonchev–Trinajstić information content (AvgIpc) is 2.95. The highest BCUT2D eigenvalue weighted by Gasteiger charge is 2.03. The quantitative estimate of drug-likeness (QED) is 0.652. The van der Waals surface area contributed by atoms with E-state index in [1.807, 2.05) is 0 Å². The summed E-state index contributed by atoms with van der Waals surface area (Å²) in [7, 11) is 0. The number of unbranched alkanes of at least 4 members (excludes halogenated alkanes) is 4. The molecule has 2 nitrogen and oxygen atoms in total. The van der Waals surface area contributed by atoms with Crippen molar-refractivity contribution in [3.05, 3.63) is 53.9 Å². The number of hydrogen-bond donors (Lipinski definition) is 1. The van der Waals surface area contributed by atoms with E-state index in [9.17, 15) is 0 Å². The molecule has 0 atom stereocenters. The van der Waals surface area contributed by atoms with E-state index in [2.05, 4.69) is 66.3 Å². The second-order valence-electron chi connectivity index (χ2n) is 5.80. The monoisotopic (exact) mass is 284 g/mol. The van der Waals surface area contributed by atoms with Gasteiger partial charge in [0.2, 0.25) is 0 Å². The molecule has 0 bridgehead atoms. The summed E-state index contributed by atoms with van der Waals surface area (Å²) < 4.78 is 2.27. The highest BCUT2D eigenvalue weighted by atomic mass is 15.0. The fraction of sp³-hybridized carbons (Fsp3) is 0.474. The first-order valence-electron chi connectivity index (χ1n) is 8.25. The molecule has 0 saturated carbocycles. The van der Waals surface area contributed by atoms with Crippen LogP contribution in [0.5, 0.6) is 0 Å². The van der Waals surface area contributed by atoms with Crippen LogP contribution in [0.2, 0.25) is 0 Å². The number of rotatable bonds is 9. The van der Waals surface area contributed by atoms with Gasteiger partial charge in [0.15, 0.2) is 0 Å². The first kappa shape index (κ1) is 15.8. The molecule has 2 heteroatoms. The summed E-state index contributed by atoms with van der Waals surface area (Å²) in [4.78, 5) is 0. The Balaban J connectivity index is 1.81. The zero-order chi connectivity index (χ0) is 14.9. The van der Waals surface area contributed by atoms with Crippen LogP contribution in [0.1, 0.15) is 50.3 Å². The number of aryl methyl sites for hydroxylation is 1. The van der Waals surface area contributed by atoms with E-state index in [1.165, 1.54) is 49.0 Å². The second kappa shape index (κ2) is 8.68. The predicted molar refractivity (Wildman–Crippen MR) is 91.0 cm³/mol. The van der Waals surface area contributed by atoms with Crippen LogP contribution in [0.25, 0.3) is 5.69 Å². The molecule has 114 valence electrons. The largest absolute Gasteiger partial charge is 0.320 e. The van der Waals surface area contributed by atoms with Crippen LogP contribution in [0.3, 0.4) is 0 Å². The van der Waals surface area contributed by atoms with Gasteiger partial charge in [0.25, 0.3) is 0 Å². The lowest BCUT2D eigenvalue weighted by Crippen LogP contribution is -2.16. The van der Waals surface area contributed by atoms with Gasteiger partial charge < -0.3 is 9.88 Å². The lowest BCUT2D eigenvalue weighted by molar-refractivity contribution is 0.578. The van der Waals surface area contributed by atoms with Crippen molar-refractivity contribution in [2.45, 2.75) is 52.5 Å². The number of benzene rings is 1. The van der Waals surface area contributed by atoms with E-state index in [-0.39, 0.29) is 0 Å². The molecule has 1 heterocycles. The van der Waals surface area contributed by atoms with Crippen molar-refractivity contribution in [1.82, 2.24) is 9.88 Å². The summed E-state index contributed by atoms with van der Waals surface area (Å²) in [6.45, 7) is 6.45. The van der Waals surface area contributed by atoms with Crippen LogP contribution in [0.4, 0.5) is 0 Å². The van der Waals surface area contributed by atoms with Gasteiger partial charge in [-0.1, -0.05) is 44.7 Å². The third-order valence-electron chi connectivity index (χ3n) is 3.88. The molecular formula is C19H28N2. The molecule has 1 N–H and O–H groups in total. The van der Waals surface area contributed by atoms with Crippen LogP contribution in [-0.4, -0.2) is 11.1 Å². The Kier molecular flexibility index (Phi) is 6.55. The van der Waals surface area contributed by atoms with Crippen molar-refractivity contribution in [2.24, 2.45) is 0 Å². The van der Waals surface area contributed by atoms with Gasteiger partial charge in [0.05, 0.1) is 0 Å². The Morgan fingerprint density at radius 2 is 1.86 bits per heavy atom. The predicted octanol–water partition coefficient (Wildman–Crippen LogP) is 4.85. The molecule has 1 aromatic heterocycles. The molecule has 0 spiro atoms. The van der Waals surface area contributed by atoms with Crippen molar-refractivity contribution in [2.75, 3.05) is 6.54 Å². The van der Waals surface area contributed by atoms with Crippen LogP contribution < -0.4 is 5.32 Å². The van der Waals surface area contributed by atoms with E-state index >= 15 is 0 Å². The lowest BCUT2D eigenvalue weighted by atomic mass is 10.1. The van der Waals surface area contributed by atoms with E-state index in [0.717, 1.165) is 13.1 Å². The Bertz CT molecular complexity index is 528. The van der Waals surface area contributed by atoms with Gasteiger partial charge in [0, 0.05) is 24.1 Å². The Labute approximate surface area is 129 Å². The van der Waals surface area contributed by atoms with Crippen molar-refractivity contribution >= 4 is 0 Å². The molecule has 0 unspecified atom stereocenters. The van der Waals surface area contributed by atoms with Crippen molar-refractivity contribution in [3.63, 3.8) is 0 Å². The molecule has 1 aromatic carbocycles. The topological polar surface area (TPSA) is 17.0 Å². The third-order valence-corrected chi connectivity index (χ3v) is 3.88. The minimum Gasteiger partial charge on any atom is -0.320 e. The zero-order valence-corrected chi connectivity index (χ0v) is 13.4. The molecule has 0 saturated heterocycles. The second-order valence-corrected chi connectivity index (χ2v) is 5.80. The molecular weight excluding hydrogens is 256 g/mol. The molecule has 0 aliphatic carbocycles. The SMILES string of the molecule is CCCCCCCNCc1cccn1-c1cccc(C)c1. The number of nitrogens with zero attached hydrogens (tertiary/aromatic N) is 1. The molecule has 2 aromatic rings. The Hall–Kier alpha value is -1.54. The van der Waals surface area contributed by atoms with Crippen LogP contribution in [0, 0.1) is 6.92 Å². The highest BCUT2D eigenvalue weighted by molar-refractivity contribution is 5.37. The summed E-state index contributed by atoms with van der Waals surface area (Å²) in [5.41, 5.74) is 3.88. The minimum atomic E-state index is 0.939. The van der Waals surface area contributed by atoms with Gasteiger partial charge in [-0.05, 0) is 49.7 Å². The molecule has 0 aliphatic heterocycles. The van der Waals surface area contributed by atoms with E-state index in [1.54, 1.807) is 0 Å². The van der Waals surface area contributed by atoms with Crippen molar-refractivity contribution in [3.8, 4) is 5.69 Å². The molecule has 0 radical (unpaired) electrons. The maximum absolute atomic E-state index is 3.57. The maximum Gasteiger partial charge on any atom is 0.0455 e. The zero-order valence-electron chi connectivity index (χ0n) is 13.4. The number of aromatic nitrogens is 1. The van der Waals surface area contributed by atoms with Gasteiger partial charge in [-0.3, -0.25) is 0 Å². The van der Waals surface area contributed by atoms with Gasteiger partial charge in [0.1, 0.15) is 0 Å². The standard InChI is InChI=1S/C19H28N2/c1-3-4-5-6-7-13-20-16-19-12-9-14-21(19)18-11-8-10-17(2)15-18/h8-12,14-15,20H,3-7,13,16H2,1-2H3. The van der Waals surface area contributed by atoms with Gasteiger partial charge in [-0.2, -0.15) is 0 Å². The molecule has 0 amide bonds. The summed E-state index contributed by atoms with van der Waals surface area (Å²) in [6, 6.07) is 13.0. The highest BCUT2D eigenvalue weighted by Crippen LogP contribution is 2.14. The number of nitrogens with one attached hydrogen (secondary N) is 1. The summed E-state index contributed by atoms with van der Waals surface area (Å²) in [6.07, 6.45) is 8.84. The summed E-state index contributed by atoms with van der Waals surface area (Å²) in [5, 5.41) is 3.57. The average molecular weight is 284 g/mol. The van der Waals surface area contributed by atoms with Gasteiger partial charge >= 0.3 is 0 Å². The van der Waals surface area contributed by atoms with Crippen LogP contribution >= 0.6 is 0 Å². The van der Waals surface area contributed by atoms with E-state index < -0.39 is 0 Å². The summed E-state index contributed by atoms with van der Waals surface area (Å²) >= 11 is 0. The third kappa shape index (κ3) is 5.05. The first-order valence-corrected chi connectivity index (χ1v) is 8.25. The van der Waals surface area contributed by atoms with Crippen molar-refractivity contribution in [1.29, 1.82) is 0 Å². The maximum atomic E-state index is 3.57. The van der Waals surface area contributed by atoms with Gasteiger partial charge in [-0.15, -0.1) is 0 Å². The molecule has 2 rings (SSSR count). The van der Waals surface area contributed by atoms with Crippen LogP contribution in [-0.2, 0) is 6.54 Å². The molecule has 21 heavy (non-hydrogen) atoms. The first-order chi connectivity index (χ1) is 10.3. The summed E-state index contributed by atoms with van der Waals surface area (Å²) in [5.74, 6) is 0. The smallest absolute Gasteiger partial charge is 0.0455 e. The fourth-order valence-corrected chi connectivity index (χ4v) is 2.66. The molecule has 0 fully saturated rings. The number of hydrogen-bond acceptors (Lipinski definition) is 1. The van der Waals surface area contributed by atoms with E-state index in [0.29, 0.717) is 0 Å². The fourth-order valence-electron chi connectivity index (χ4n) is 2.66. The molecule has 0 aliphatic rings. The Morgan fingerprint density at radius 3 is 2.67 bits per heavy atom. The minimum absolute atomic E-state index is 0.939. The van der Waals surface area contributed by atoms with Gasteiger partial charge in [-0.25, -0.2) is 0 Å². The van der Waals surface area contributed by atoms with Crippen molar-refractivity contribution < 1.29 is 0 Å². The lowest BCUT2D eigenvalue weighted by Gasteiger charge is -2.11. The Morgan fingerprint density at radius 1 is 1.00 bits per heavy atom.